The van der Waals surface area contributed by atoms with Crippen molar-refractivity contribution >= 4 is 5.91 Å². The van der Waals surface area contributed by atoms with E-state index in [-0.39, 0.29) is 5.91 Å². The van der Waals surface area contributed by atoms with E-state index in [4.69, 9.17) is 10.5 Å². The molecule has 2 atom stereocenters. The molecule has 0 aromatic heterocycles. The van der Waals surface area contributed by atoms with Gasteiger partial charge in [-0.2, -0.15) is 0 Å². The van der Waals surface area contributed by atoms with Gasteiger partial charge in [0.15, 0.2) is 0 Å². The van der Waals surface area contributed by atoms with Crippen LogP contribution in [-0.2, 0) is 11.2 Å². The SMILES string of the molecule is CC(C)C[C@H](N)C(=O)NN1CCCC1Cc1ccc(Oc2ccccc2)cc1. The minimum Gasteiger partial charge on any atom is -0.457 e. The van der Waals surface area contributed by atoms with E-state index in [9.17, 15) is 4.79 Å². The van der Waals surface area contributed by atoms with Crippen molar-refractivity contribution in [2.24, 2.45) is 11.7 Å². The molecule has 2 aromatic rings. The summed E-state index contributed by atoms with van der Waals surface area (Å²) in [7, 11) is 0. The molecule has 0 radical (unpaired) electrons. The summed E-state index contributed by atoms with van der Waals surface area (Å²) in [6, 6.07) is 17.8. The zero-order valence-electron chi connectivity index (χ0n) is 16.8. The molecule has 28 heavy (non-hydrogen) atoms. The maximum Gasteiger partial charge on any atom is 0.251 e. The van der Waals surface area contributed by atoms with E-state index in [0.29, 0.717) is 18.4 Å². The molecule has 1 saturated heterocycles. The highest BCUT2D eigenvalue weighted by molar-refractivity contribution is 5.81. The van der Waals surface area contributed by atoms with Crippen LogP contribution < -0.4 is 15.9 Å². The first-order valence-electron chi connectivity index (χ1n) is 10.2. The van der Waals surface area contributed by atoms with Crippen LogP contribution in [0.4, 0.5) is 0 Å². The van der Waals surface area contributed by atoms with Gasteiger partial charge in [0, 0.05) is 12.6 Å². The van der Waals surface area contributed by atoms with E-state index >= 15 is 0 Å². The van der Waals surface area contributed by atoms with Crippen molar-refractivity contribution in [1.82, 2.24) is 10.4 Å². The third-order valence-electron chi connectivity index (χ3n) is 5.07. The number of amides is 1. The van der Waals surface area contributed by atoms with E-state index in [1.807, 2.05) is 42.5 Å². The molecule has 1 amide bonds. The fourth-order valence-electron chi connectivity index (χ4n) is 3.62. The number of nitrogens with two attached hydrogens (primary N) is 1. The molecule has 5 heteroatoms. The Hall–Kier alpha value is -2.37. The molecule has 0 aliphatic carbocycles. The summed E-state index contributed by atoms with van der Waals surface area (Å²) in [6.45, 7) is 5.04. The lowest BCUT2D eigenvalue weighted by atomic mass is 10.0. The van der Waals surface area contributed by atoms with Crippen LogP contribution in [0.15, 0.2) is 54.6 Å². The lowest BCUT2D eigenvalue weighted by Crippen LogP contribution is -2.52. The normalized spacial score (nSPS) is 18.2. The molecule has 3 N–H and O–H groups in total. The number of nitrogens with zero attached hydrogens (tertiary/aromatic N) is 1. The van der Waals surface area contributed by atoms with Crippen LogP contribution in [0, 0.1) is 5.92 Å². The minimum atomic E-state index is -0.448. The van der Waals surface area contributed by atoms with E-state index in [1.54, 1.807) is 0 Å². The first kappa shape index (κ1) is 20.4. The predicted molar refractivity (Wildman–Crippen MR) is 112 cm³/mol. The summed E-state index contributed by atoms with van der Waals surface area (Å²) in [5.74, 6) is 1.99. The van der Waals surface area contributed by atoms with E-state index in [2.05, 4.69) is 36.4 Å². The number of carbonyl (C=O) groups excluding carboxylic acids is 1. The van der Waals surface area contributed by atoms with Gasteiger partial charge in [0.25, 0.3) is 5.91 Å². The molecule has 3 rings (SSSR count). The highest BCUT2D eigenvalue weighted by Gasteiger charge is 2.27. The van der Waals surface area contributed by atoms with Gasteiger partial charge in [-0.1, -0.05) is 44.2 Å². The monoisotopic (exact) mass is 381 g/mol. The van der Waals surface area contributed by atoms with E-state index in [0.717, 1.165) is 37.3 Å². The van der Waals surface area contributed by atoms with Gasteiger partial charge in [-0.05, 0) is 61.4 Å². The second-order valence-corrected chi connectivity index (χ2v) is 7.96. The Morgan fingerprint density at radius 2 is 1.82 bits per heavy atom. The van der Waals surface area contributed by atoms with Crippen molar-refractivity contribution in [3.63, 3.8) is 0 Å². The molecule has 0 saturated carbocycles. The van der Waals surface area contributed by atoms with Crippen molar-refractivity contribution < 1.29 is 9.53 Å². The Morgan fingerprint density at radius 3 is 2.50 bits per heavy atom. The van der Waals surface area contributed by atoms with Crippen molar-refractivity contribution in [2.45, 2.75) is 51.6 Å². The Morgan fingerprint density at radius 1 is 1.14 bits per heavy atom. The van der Waals surface area contributed by atoms with E-state index < -0.39 is 6.04 Å². The number of ether oxygens (including phenoxy) is 1. The number of nitrogens with one attached hydrogen (secondary N) is 1. The molecule has 1 unspecified atom stereocenters. The van der Waals surface area contributed by atoms with E-state index in [1.165, 1.54) is 5.56 Å². The predicted octanol–water partition coefficient (Wildman–Crippen LogP) is 3.89. The first-order chi connectivity index (χ1) is 13.5. The van der Waals surface area contributed by atoms with Crippen LogP contribution in [0.3, 0.4) is 0 Å². The summed E-state index contributed by atoms with van der Waals surface area (Å²) in [6.07, 6.45) is 3.75. The van der Waals surface area contributed by atoms with Crippen LogP contribution in [0.25, 0.3) is 0 Å². The molecular weight excluding hydrogens is 350 g/mol. The largest absolute Gasteiger partial charge is 0.457 e. The second kappa shape index (κ2) is 9.71. The second-order valence-electron chi connectivity index (χ2n) is 7.96. The third kappa shape index (κ3) is 5.81. The fourth-order valence-corrected chi connectivity index (χ4v) is 3.62. The highest BCUT2D eigenvalue weighted by Crippen LogP contribution is 2.24. The number of hydrazine groups is 1. The average molecular weight is 382 g/mol. The van der Waals surface area contributed by atoms with Gasteiger partial charge in [0.05, 0.1) is 6.04 Å². The number of hydrogen-bond donors (Lipinski definition) is 2. The zero-order chi connectivity index (χ0) is 19.9. The van der Waals surface area contributed by atoms with Crippen LogP contribution >= 0.6 is 0 Å². The number of benzene rings is 2. The van der Waals surface area contributed by atoms with Crippen LogP contribution in [0.2, 0.25) is 0 Å². The molecule has 2 aromatic carbocycles. The zero-order valence-corrected chi connectivity index (χ0v) is 16.8. The van der Waals surface area contributed by atoms with Gasteiger partial charge in [-0.15, -0.1) is 0 Å². The highest BCUT2D eigenvalue weighted by atomic mass is 16.5. The fraction of sp³-hybridized carbons (Fsp3) is 0.435. The molecule has 0 spiro atoms. The lowest BCUT2D eigenvalue weighted by Gasteiger charge is -2.27. The summed E-state index contributed by atoms with van der Waals surface area (Å²) < 4.78 is 5.85. The topological polar surface area (TPSA) is 67.6 Å². The van der Waals surface area contributed by atoms with Gasteiger partial charge in [0.2, 0.25) is 0 Å². The minimum absolute atomic E-state index is 0.0767. The van der Waals surface area contributed by atoms with Gasteiger partial charge < -0.3 is 10.5 Å². The Labute approximate surface area is 167 Å². The van der Waals surface area contributed by atoms with Gasteiger partial charge in [0.1, 0.15) is 11.5 Å². The maximum atomic E-state index is 12.4. The van der Waals surface area contributed by atoms with Crippen LogP contribution in [0.5, 0.6) is 11.5 Å². The smallest absolute Gasteiger partial charge is 0.251 e. The average Bonchev–Trinajstić information content (AvgIpc) is 3.10. The van der Waals surface area contributed by atoms with Crippen LogP contribution in [-0.4, -0.2) is 29.5 Å². The van der Waals surface area contributed by atoms with Gasteiger partial charge in [-0.3, -0.25) is 10.2 Å². The summed E-state index contributed by atoms with van der Waals surface area (Å²) >= 11 is 0. The molecule has 1 fully saturated rings. The van der Waals surface area contributed by atoms with Crippen molar-refractivity contribution in [3.8, 4) is 11.5 Å². The summed E-state index contributed by atoms with van der Waals surface area (Å²) in [4.78, 5) is 12.4. The number of para-hydroxylation sites is 1. The number of carbonyl (C=O) groups is 1. The molecule has 1 heterocycles. The third-order valence-corrected chi connectivity index (χ3v) is 5.07. The molecule has 0 bridgehead atoms. The molecule has 1 aliphatic heterocycles. The van der Waals surface area contributed by atoms with Crippen molar-refractivity contribution in [3.05, 3.63) is 60.2 Å². The standard InChI is InChI=1S/C23H31N3O2/c1-17(2)15-22(24)23(27)25-26-14-6-7-19(26)16-18-10-12-21(13-11-18)28-20-8-4-3-5-9-20/h3-5,8-13,17,19,22H,6-7,14-16,24H2,1-2H3,(H,25,27)/t19?,22-/m0/s1. The molecule has 5 nitrogen and oxygen atoms in total. The van der Waals surface area contributed by atoms with Gasteiger partial charge >= 0.3 is 0 Å². The summed E-state index contributed by atoms with van der Waals surface area (Å²) in [5, 5.41) is 2.07. The number of rotatable bonds is 8. The van der Waals surface area contributed by atoms with Crippen LogP contribution in [0.1, 0.15) is 38.7 Å². The lowest BCUT2D eigenvalue weighted by molar-refractivity contribution is -0.128. The number of hydrogen-bond acceptors (Lipinski definition) is 4. The molecular formula is C23H31N3O2. The molecule has 1 aliphatic rings. The Kier molecular flexibility index (Phi) is 7.06. The Bertz CT molecular complexity index is 746. The quantitative estimate of drug-likeness (QED) is 0.728. The Balaban J connectivity index is 1.54. The van der Waals surface area contributed by atoms with Gasteiger partial charge in [-0.25, -0.2) is 5.01 Å². The first-order valence-corrected chi connectivity index (χ1v) is 10.2. The summed E-state index contributed by atoms with van der Waals surface area (Å²) in [5.41, 5.74) is 10.3. The molecule has 150 valence electrons. The van der Waals surface area contributed by atoms with Crippen molar-refractivity contribution in [2.75, 3.05) is 6.54 Å². The maximum absolute atomic E-state index is 12.4. The van der Waals surface area contributed by atoms with Crippen molar-refractivity contribution in [1.29, 1.82) is 0 Å².